The molecule has 0 aromatic heterocycles. The number of rotatable bonds is 5. The van der Waals surface area contributed by atoms with Gasteiger partial charge in [-0.05, 0) is 25.7 Å². The highest BCUT2D eigenvalue weighted by Crippen LogP contribution is 2.13. The normalized spacial score (nSPS) is 23.8. The molecule has 3 N–H and O–H groups in total. The van der Waals surface area contributed by atoms with Crippen LogP contribution >= 0.6 is 0 Å². The Bertz CT molecular complexity index is 284. The van der Waals surface area contributed by atoms with Gasteiger partial charge in [-0.2, -0.15) is 0 Å². The van der Waals surface area contributed by atoms with E-state index in [1.165, 1.54) is 0 Å². The summed E-state index contributed by atoms with van der Waals surface area (Å²) < 4.78 is 0. The molecular formula is C13H25N3O2. The fourth-order valence-electron chi connectivity index (χ4n) is 1.91. The Morgan fingerprint density at radius 2 is 2.00 bits per heavy atom. The van der Waals surface area contributed by atoms with Crippen molar-refractivity contribution < 1.29 is 9.59 Å². The molecule has 0 aliphatic carbocycles. The lowest BCUT2D eigenvalue weighted by atomic mass is 9.95. The van der Waals surface area contributed by atoms with E-state index in [2.05, 4.69) is 22.9 Å². The molecule has 0 bridgehead atoms. The van der Waals surface area contributed by atoms with E-state index in [0.717, 1.165) is 12.8 Å². The standard InChI is InChI=1S/C13H25N3O2/c1-9(2)6-15-12(17)8-16-13(18)11-5-4-10(3)14-7-11/h9-11,14H,4-8H2,1-3H3,(H,15,17)(H,16,18). The lowest BCUT2D eigenvalue weighted by molar-refractivity contribution is -0.129. The first-order valence-corrected chi connectivity index (χ1v) is 6.76. The average molecular weight is 255 g/mol. The van der Waals surface area contributed by atoms with Crippen LogP contribution < -0.4 is 16.0 Å². The van der Waals surface area contributed by atoms with Crippen LogP contribution in [0, 0.1) is 11.8 Å². The van der Waals surface area contributed by atoms with Crippen molar-refractivity contribution in [3.63, 3.8) is 0 Å². The van der Waals surface area contributed by atoms with Crippen molar-refractivity contribution in [3.05, 3.63) is 0 Å². The summed E-state index contributed by atoms with van der Waals surface area (Å²) >= 11 is 0. The molecule has 0 spiro atoms. The minimum atomic E-state index is -0.116. The lowest BCUT2D eigenvalue weighted by Crippen LogP contribution is -2.46. The molecule has 5 nitrogen and oxygen atoms in total. The summed E-state index contributed by atoms with van der Waals surface area (Å²) in [6, 6.07) is 0.489. The van der Waals surface area contributed by atoms with Crippen molar-refractivity contribution in [2.24, 2.45) is 11.8 Å². The maximum absolute atomic E-state index is 11.8. The second-order valence-corrected chi connectivity index (χ2v) is 5.50. The molecule has 0 saturated carbocycles. The molecule has 18 heavy (non-hydrogen) atoms. The van der Waals surface area contributed by atoms with Gasteiger partial charge in [-0.25, -0.2) is 0 Å². The molecule has 104 valence electrons. The zero-order valence-electron chi connectivity index (χ0n) is 11.6. The van der Waals surface area contributed by atoms with Crippen molar-refractivity contribution in [2.45, 2.75) is 39.7 Å². The molecule has 1 aliphatic rings. The Morgan fingerprint density at radius 1 is 1.28 bits per heavy atom. The monoisotopic (exact) mass is 255 g/mol. The number of hydrogen-bond donors (Lipinski definition) is 3. The van der Waals surface area contributed by atoms with Crippen LogP contribution in [0.15, 0.2) is 0 Å². The Balaban J connectivity index is 2.18. The van der Waals surface area contributed by atoms with Crippen molar-refractivity contribution in [2.75, 3.05) is 19.6 Å². The smallest absolute Gasteiger partial charge is 0.239 e. The van der Waals surface area contributed by atoms with E-state index in [-0.39, 0.29) is 24.3 Å². The number of carbonyl (C=O) groups is 2. The average Bonchev–Trinajstić information content (AvgIpc) is 2.34. The van der Waals surface area contributed by atoms with Gasteiger partial charge in [-0.1, -0.05) is 13.8 Å². The summed E-state index contributed by atoms with van der Waals surface area (Å²) in [6.45, 7) is 7.63. The Morgan fingerprint density at radius 3 is 2.56 bits per heavy atom. The van der Waals surface area contributed by atoms with Crippen molar-refractivity contribution in [1.29, 1.82) is 0 Å². The molecule has 1 fully saturated rings. The van der Waals surface area contributed by atoms with Gasteiger partial charge in [0.1, 0.15) is 0 Å². The minimum Gasteiger partial charge on any atom is -0.354 e. The molecule has 1 aliphatic heterocycles. The van der Waals surface area contributed by atoms with E-state index in [9.17, 15) is 9.59 Å². The molecule has 2 atom stereocenters. The second-order valence-electron chi connectivity index (χ2n) is 5.50. The fraction of sp³-hybridized carbons (Fsp3) is 0.846. The summed E-state index contributed by atoms with van der Waals surface area (Å²) in [5.41, 5.74) is 0. The third kappa shape index (κ3) is 5.49. The first-order chi connectivity index (χ1) is 8.49. The van der Waals surface area contributed by atoms with E-state index in [4.69, 9.17) is 0 Å². The summed E-state index contributed by atoms with van der Waals surface area (Å²) in [5, 5.41) is 8.76. The van der Waals surface area contributed by atoms with Crippen LogP contribution in [-0.4, -0.2) is 37.5 Å². The summed E-state index contributed by atoms with van der Waals surface area (Å²) in [7, 11) is 0. The molecule has 2 amide bonds. The first kappa shape index (κ1) is 15.0. The highest BCUT2D eigenvalue weighted by atomic mass is 16.2. The number of nitrogens with one attached hydrogen (secondary N) is 3. The van der Waals surface area contributed by atoms with E-state index in [0.29, 0.717) is 25.0 Å². The van der Waals surface area contributed by atoms with Crippen molar-refractivity contribution in [3.8, 4) is 0 Å². The molecule has 0 aromatic rings. The molecular weight excluding hydrogens is 230 g/mol. The Kier molecular flexibility index (Phi) is 6.12. The zero-order chi connectivity index (χ0) is 13.5. The van der Waals surface area contributed by atoms with E-state index in [1.54, 1.807) is 0 Å². The Labute approximate surface area is 109 Å². The van der Waals surface area contributed by atoms with Crippen LogP contribution in [0.25, 0.3) is 0 Å². The van der Waals surface area contributed by atoms with E-state index < -0.39 is 0 Å². The summed E-state index contributed by atoms with van der Waals surface area (Å²) in [5.74, 6) is 0.288. The predicted molar refractivity (Wildman–Crippen MR) is 71.0 cm³/mol. The number of hydrogen-bond acceptors (Lipinski definition) is 3. The molecule has 0 radical (unpaired) electrons. The van der Waals surface area contributed by atoms with Crippen LogP contribution in [0.1, 0.15) is 33.6 Å². The third-order valence-corrected chi connectivity index (χ3v) is 3.16. The summed E-state index contributed by atoms with van der Waals surface area (Å²) in [6.07, 6.45) is 1.91. The van der Waals surface area contributed by atoms with Crippen molar-refractivity contribution in [1.82, 2.24) is 16.0 Å². The molecule has 1 saturated heterocycles. The topological polar surface area (TPSA) is 70.2 Å². The van der Waals surface area contributed by atoms with Gasteiger partial charge in [-0.15, -0.1) is 0 Å². The van der Waals surface area contributed by atoms with Crippen LogP contribution in [-0.2, 0) is 9.59 Å². The van der Waals surface area contributed by atoms with Gasteiger partial charge in [0.05, 0.1) is 12.5 Å². The van der Waals surface area contributed by atoms with Gasteiger partial charge < -0.3 is 16.0 Å². The molecule has 2 unspecified atom stereocenters. The quantitative estimate of drug-likeness (QED) is 0.660. The predicted octanol–water partition coefficient (Wildman–Crippen LogP) is 0.263. The number of carbonyl (C=O) groups excluding carboxylic acids is 2. The highest BCUT2D eigenvalue weighted by molar-refractivity contribution is 5.85. The van der Waals surface area contributed by atoms with Gasteiger partial charge >= 0.3 is 0 Å². The van der Waals surface area contributed by atoms with Crippen molar-refractivity contribution >= 4 is 11.8 Å². The molecule has 5 heteroatoms. The first-order valence-electron chi connectivity index (χ1n) is 6.76. The minimum absolute atomic E-state index is 0.000834. The van der Waals surface area contributed by atoms with Crippen LogP contribution in [0.2, 0.25) is 0 Å². The van der Waals surface area contributed by atoms with Gasteiger partial charge in [0, 0.05) is 19.1 Å². The Hall–Kier alpha value is -1.10. The maximum atomic E-state index is 11.8. The lowest BCUT2D eigenvalue weighted by Gasteiger charge is -2.26. The van der Waals surface area contributed by atoms with Gasteiger partial charge in [0.15, 0.2) is 0 Å². The van der Waals surface area contributed by atoms with E-state index >= 15 is 0 Å². The number of amides is 2. The second kappa shape index (κ2) is 7.36. The van der Waals surface area contributed by atoms with Gasteiger partial charge in [0.25, 0.3) is 0 Å². The van der Waals surface area contributed by atoms with Gasteiger partial charge in [-0.3, -0.25) is 9.59 Å². The fourth-order valence-corrected chi connectivity index (χ4v) is 1.91. The zero-order valence-corrected chi connectivity index (χ0v) is 11.6. The molecule has 1 rings (SSSR count). The summed E-state index contributed by atoms with van der Waals surface area (Å²) in [4.78, 5) is 23.3. The van der Waals surface area contributed by atoms with Crippen LogP contribution in [0.4, 0.5) is 0 Å². The molecule has 0 aromatic carbocycles. The van der Waals surface area contributed by atoms with Crippen LogP contribution in [0.3, 0.4) is 0 Å². The van der Waals surface area contributed by atoms with Crippen LogP contribution in [0.5, 0.6) is 0 Å². The van der Waals surface area contributed by atoms with Gasteiger partial charge in [0.2, 0.25) is 11.8 Å². The highest BCUT2D eigenvalue weighted by Gasteiger charge is 2.23. The number of piperidine rings is 1. The maximum Gasteiger partial charge on any atom is 0.239 e. The van der Waals surface area contributed by atoms with E-state index in [1.807, 2.05) is 13.8 Å². The molecule has 1 heterocycles. The third-order valence-electron chi connectivity index (χ3n) is 3.16. The largest absolute Gasteiger partial charge is 0.354 e. The SMILES string of the molecule is CC(C)CNC(=O)CNC(=O)C1CCC(C)NC1.